The number of fused-ring (bicyclic) bond motifs is 1. The van der Waals surface area contributed by atoms with Gasteiger partial charge in [0.25, 0.3) is 5.91 Å². The molecule has 0 radical (unpaired) electrons. The van der Waals surface area contributed by atoms with E-state index in [1.165, 1.54) is 29.7 Å². The van der Waals surface area contributed by atoms with Gasteiger partial charge in [0, 0.05) is 6.20 Å². The van der Waals surface area contributed by atoms with Crippen molar-refractivity contribution >= 4 is 17.4 Å². The maximum Gasteiger partial charge on any atom is 0.269 e. The number of rotatable bonds is 2. The van der Waals surface area contributed by atoms with Gasteiger partial charge in [-0.15, -0.1) is 0 Å². The summed E-state index contributed by atoms with van der Waals surface area (Å²) in [5.41, 5.74) is 13.7. The van der Waals surface area contributed by atoms with E-state index in [9.17, 15) is 9.18 Å². The summed E-state index contributed by atoms with van der Waals surface area (Å²) < 4.78 is 15.2. The van der Waals surface area contributed by atoms with Crippen molar-refractivity contribution in [2.45, 2.75) is 26.2 Å². The number of nitrogens with two attached hydrogens (primary N) is 2. The zero-order valence-electron chi connectivity index (χ0n) is 13.4. The summed E-state index contributed by atoms with van der Waals surface area (Å²) in [4.78, 5) is 15.6. The Morgan fingerprint density at radius 2 is 1.92 bits per heavy atom. The van der Waals surface area contributed by atoms with E-state index in [2.05, 4.69) is 4.98 Å². The first-order valence-electron chi connectivity index (χ1n) is 7.82. The number of carbonyl (C=O) groups excluding carboxylic acids is 1. The van der Waals surface area contributed by atoms with E-state index >= 15 is 0 Å². The fourth-order valence-corrected chi connectivity index (χ4v) is 2.39. The number of hydrogen-bond donors (Lipinski definition) is 2. The van der Waals surface area contributed by atoms with Crippen molar-refractivity contribution in [1.82, 2.24) is 9.38 Å². The van der Waals surface area contributed by atoms with Gasteiger partial charge in [-0.05, 0) is 41.8 Å². The average Bonchev–Trinajstić information content (AvgIpc) is 3.37. The number of aromatic nitrogens is 2. The molecular weight excluding hydrogens is 307 g/mol. The van der Waals surface area contributed by atoms with Gasteiger partial charge >= 0.3 is 0 Å². The quantitative estimate of drug-likeness (QED) is 0.757. The van der Waals surface area contributed by atoms with Gasteiger partial charge in [0.2, 0.25) is 0 Å². The molecule has 2 heterocycles. The van der Waals surface area contributed by atoms with E-state index in [1.807, 2.05) is 6.07 Å². The second-order valence-electron chi connectivity index (χ2n) is 5.83. The number of anilines is 1. The molecule has 1 fully saturated rings. The highest BCUT2D eigenvalue weighted by Crippen LogP contribution is 2.26. The third-order valence-corrected chi connectivity index (χ3v) is 3.81. The molecule has 5 nitrogen and oxygen atoms in total. The average molecular weight is 326 g/mol. The van der Waals surface area contributed by atoms with E-state index in [4.69, 9.17) is 11.5 Å². The summed E-state index contributed by atoms with van der Waals surface area (Å²) in [6.45, 7) is 1.70. The molecule has 1 aliphatic rings. The molecule has 0 saturated heterocycles. The van der Waals surface area contributed by atoms with Crippen LogP contribution >= 0.6 is 0 Å². The third-order valence-electron chi connectivity index (χ3n) is 3.81. The Balaban J connectivity index is 0.000000508. The third kappa shape index (κ3) is 3.08. The van der Waals surface area contributed by atoms with Gasteiger partial charge in [-0.3, -0.25) is 9.20 Å². The van der Waals surface area contributed by atoms with Crippen molar-refractivity contribution in [3.05, 3.63) is 53.6 Å². The molecular formula is C18H19FN4O. The standard InChI is InChI=1S/C15H13FN4O.C3H6/c1-8-10(3-2-4-11(8)16)9-5-6-12-19-14(17)13(15(18)21)20(12)7-9;1-2-3-1/h2-7H,17H2,1H3,(H2,18,21);1-3H2. The lowest BCUT2D eigenvalue weighted by Crippen LogP contribution is -2.15. The summed E-state index contributed by atoms with van der Waals surface area (Å²) in [5, 5.41) is 0. The molecule has 6 heteroatoms. The fraction of sp³-hybridized carbons (Fsp3) is 0.222. The molecule has 4 N–H and O–H groups in total. The van der Waals surface area contributed by atoms with Crippen LogP contribution in [0.15, 0.2) is 36.5 Å². The van der Waals surface area contributed by atoms with Crippen molar-refractivity contribution in [2.75, 3.05) is 5.73 Å². The van der Waals surface area contributed by atoms with Crippen LogP contribution in [0.3, 0.4) is 0 Å². The highest BCUT2D eigenvalue weighted by Gasteiger charge is 2.15. The summed E-state index contributed by atoms with van der Waals surface area (Å²) >= 11 is 0. The molecule has 1 saturated carbocycles. The highest BCUT2D eigenvalue weighted by atomic mass is 19.1. The van der Waals surface area contributed by atoms with E-state index in [1.54, 1.807) is 31.3 Å². The topological polar surface area (TPSA) is 86.4 Å². The van der Waals surface area contributed by atoms with Crippen LogP contribution in [-0.2, 0) is 0 Å². The number of primary amides is 1. The smallest absolute Gasteiger partial charge is 0.269 e. The van der Waals surface area contributed by atoms with E-state index < -0.39 is 5.91 Å². The number of benzene rings is 1. The summed E-state index contributed by atoms with van der Waals surface area (Å²) in [7, 11) is 0. The minimum atomic E-state index is -0.659. The molecule has 24 heavy (non-hydrogen) atoms. The summed E-state index contributed by atoms with van der Waals surface area (Å²) in [6, 6.07) is 8.36. The highest BCUT2D eigenvalue weighted by molar-refractivity contribution is 5.96. The molecule has 4 rings (SSSR count). The molecule has 3 aromatic rings. The zero-order chi connectivity index (χ0) is 17.3. The lowest BCUT2D eigenvalue weighted by Gasteiger charge is -2.08. The lowest BCUT2D eigenvalue weighted by molar-refractivity contribution is 0.0995. The molecule has 124 valence electrons. The minimum Gasteiger partial charge on any atom is -0.382 e. The first-order chi connectivity index (χ1) is 11.5. The molecule has 0 bridgehead atoms. The second-order valence-corrected chi connectivity index (χ2v) is 5.83. The molecule has 0 atom stereocenters. The number of halogens is 1. The SMILES string of the molecule is C1CC1.Cc1c(F)cccc1-c1ccc2nc(N)c(C(N)=O)n2c1. The van der Waals surface area contributed by atoms with E-state index in [0.717, 1.165) is 11.1 Å². The van der Waals surface area contributed by atoms with Crippen LogP contribution in [0.1, 0.15) is 35.3 Å². The zero-order valence-corrected chi connectivity index (χ0v) is 13.4. The van der Waals surface area contributed by atoms with Crippen LogP contribution in [0.5, 0.6) is 0 Å². The summed E-state index contributed by atoms with van der Waals surface area (Å²) in [5.74, 6) is -0.864. The number of hydrogen-bond acceptors (Lipinski definition) is 3. The predicted octanol–water partition coefficient (Wildman–Crippen LogP) is 3.30. The molecule has 0 unspecified atom stereocenters. The Bertz CT molecular complexity index is 912. The Hall–Kier alpha value is -2.89. The van der Waals surface area contributed by atoms with E-state index in [0.29, 0.717) is 11.2 Å². The van der Waals surface area contributed by atoms with Gasteiger partial charge in [-0.25, -0.2) is 9.37 Å². The number of amides is 1. The lowest BCUT2D eigenvalue weighted by atomic mass is 10.0. The largest absolute Gasteiger partial charge is 0.382 e. The predicted molar refractivity (Wildman–Crippen MR) is 92.1 cm³/mol. The van der Waals surface area contributed by atoms with Crippen molar-refractivity contribution < 1.29 is 9.18 Å². The first-order valence-corrected chi connectivity index (χ1v) is 7.82. The van der Waals surface area contributed by atoms with Crippen molar-refractivity contribution in [3.8, 4) is 11.1 Å². The van der Waals surface area contributed by atoms with Gasteiger partial charge in [0.1, 0.15) is 11.5 Å². The molecule has 2 aromatic heterocycles. The molecule has 1 aliphatic carbocycles. The minimum absolute atomic E-state index is 0.0793. The normalized spacial score (nSPS) is 12.6. The number of nitrogen functional groups attached to an aromatic ring is 1. The van der Waals surface area contributed by atoms with Crippen LogP contribution in [-0.4, -0.2) is 15.3 Å². The van der Waals surface area contributed by atoms with Gasteiger partial charge < -0.3 is 11.5 Å². The maximum absolute atomic E-state index is 13.7. The van der Waals surface area contributed by atoms with Gasteiger partial charge in [-0.2, -0.15) is 0 Å². The van der Waals surface area contributed by atoms with E-state index in [-0.39, 0.29) is 17.3 Å². The van der Waals surface area contributed by atoms with Gasteiger partial charge in [0.05, 0.1) is 0 Å². The molecule has 0 spiro atoms. The van der Waals surface area contributed by atoms with Crippen LogP contribution in [0, 0.1) is 12.7 Å². The van der Waals surface area contributed by atoms with Crippen molar-refractivity contribution in [3.63, 3.8) is 0 Å². The Labute approximate surface area is 139 Å². The first kappa shape index (κ1) is 16.0. The molecule has 1 aromatic carbocycles. The monoisotopic (exact) mass is 326 g/mol. The van der Waals surface area contributed by atoms with Crippen LogP contribution in [0.2, 0.25) is 0 Å². The molecule has 0 aliphatic heterocycles. The van der Waals surface area contributed by atoms with Crippen LogP contribution in [0.4, 0.5) is 10.2 Å². The molecule has 1 amide bonds. The second kappa shape index (κ2) is 6.31. The van der Waals surface area contributed by atoms with Gasteiger partial charge in [0.15, 0.2) is 11.5 Å². The number of nitrogens with zero attached hydrogens (tertiary/aromatic N) is 2. The Kier molecular flexibility index (Phi) is 4.20. The van der Waals surface area contributed by atoms with Crippen LogP contribution < -0.4 is 11.5 Å². The summed E-state index contributed by atoms with van der Waals surface area (Å²) in [6.07, 6.45) is 6.18. The van der Waals surface area contributed by atoms with Crippen molar-refractivity contribution in [1.29, 1.82) is 0 Å². The van der Waals surface area contributed by atoms with Crippen molar-refractivity contribution in [2.24, 2.45) is 5.73 Å². The number of carbonyl (C=O) groups is 1. The fourth-order valence-electron chi connectivity index (χ4n) is 2.39. The number of imidazole rings is 1. The Morgan fingerprint density at radius 1 is 1.21 bits per heavy atom. The Morgan fingerprint density at radius 3 is 2.54 bits per heavy atom. The van der Waals surface area contributed by atoms with Crippen LogP contribution in [0.25, 0.3) is 16.8 Å². The van der Waals surface area contributed by atoms with Gasteiger partial charge in [-0.1, -0.05) is 31.4 Å². The maximum atomic E-state index is 13.7. The number of pyridine rings is 1.